The molecule has 0 radical (unpaired) electrons. The Bertz CT molecular complexity index is 1270. The van der Waals surface area contributed by atoms with Crippen molar-refractivity contribution in [3.05, 3.63) is 90.0 Å². The van der Waals surface area contributed by atoms with Crippen LogP contribution in [-0.2, 0) is 4.79 Å². The smallest absolute Gasteiger partial charge is 0.240 e. The van der Waals surface area contributed by atoms with Gasteiger partial charge in [-0.05, 0) is 36.2 Å². The molecule has 1 aliphatic heterocycles. The molecule has 4 aromatic rings. The van der Waals surface area contributed by atoms with E-state index < -0.39 is 5.25 Å². The maximum Gasteiger partial charge on any atom is 0.240 e. The van der Waals surface area contributed by atoms with Crippen LogP contribution in [0.1, 0.15) is 17.2 Å². The number of fused-ring (bicyclic) bond motifs is 1. The standard InChI is InChI=1S/C25H23N5O2S/c1-16-8-6-7-11-20(16)26-24(31)22-21(17-12-14-19(32-2)15-13-17)29-30-23(27-28-25(30)33-22)18-9-4-3-5-10-18/h3-15,21-22,29H,1-2H3,(H,26,31)/t21-,22-/m1/s1. The Balaban J connectivity index is 1.52. The quantitative estimate of drug-likeness (QED) is 0.454. The van der Waals surface area contributed by atoms with Crippen molar-refractivity contribution in [2.45, 2.75) is 23.4 Å². The van der Waals surface area contributed by atoms with Gasteiger partial charge < -0.3 is 15.5 Å². The van der Waals surface area contributed by atoms with Crippen LogP contribution in [0, 0.1) is 6.92 Å². The Morgan fingerprint density at radius 1 is 1.00 bits per heavy atom. The summed E-state index contributed by atoms with van der Waals surface area (Å²) in [6.45, 7) is 1.98. The molecule has 0 saturated heterocycles. The molecule has 2 N–H and O–H groups in total. The predicted octanol–water partition coefficient (Wildman–Crippen LogP) is 4.66. The minimum Gasteiger partial charge on any atom is -0.497 e. The van der Waals surface area contributed by atoms with Crippen molar-refractivity contribution in [3.63, 3.8) is 0 Å². The second-order valence-electron chi connectivity index (χ2n) is 7.73. The molecule has 5 rings (SSSR count). The van der Waals surface area contributed by atoms with E-state index in [4.69, 9.17) is 4.74 Å². The van der Waals surface area contributed by atoms with Gasteiger partial charge in [0.2, 0.25) is 11.1 Å². The minimum atomic E-state index is -0.460. The Labute approximate surface area is 196 Å². The third kappa shape index (κ3) is 4.17. The van der Waals surface area contributed by atoms with Crippen molar-refractivity contribution in [1.82, 2.24) is 14.9 Å². The third-order valence-electron chi connectivity index (χ3n) is 5.60. The van der Waals surface area contributed by atoms with Crippen molar-refractivity contribution < 1.29 is 9.53 Å². The van der Waals surface area contributed by atoms with E-state index in [-0.39, 0.29) is 11.9 Å². The number of nitrogens with zero attached hydrogens (tertiary/aromatic N) is 3. The highest BCUT2D eigenvalue weighted by molar-refractivity contribution is 8.00. The number of carbonyl (C=O) groups is 1. The molecular weight excluding hydrogens is 434 g/mol. The molecule has 0 fully saturated rings. The molecule has 0 bridgehead atoms. The maximum atomic E-state index is 13.5. The molecule has 8 heteroatoms. The van der Waals surface area contributed by atoms with E-state index >= 15 is 0 Å². The van der Waals surface area contributed by atoms with Gasteiger partial charge in [0.15, 0.2) is 5.82 Å². The Hall–Kier alpha value is -3.78. The van der Waals surface area contributed by atoms with Gasteiger partial charge in [0.25, 0.3) is 0 Å². The van der Waals surface area contributed by atoms with E-state index in [0.29, 0.717) is 11.0 Å². The predicted molar refractivity (Wildman–Crippen MR) is 130 cm³/mol. The number of thioether (sulfide) groups is 1. The number of para-hydroxylation sites is 1. The number of amides is 1. The number of ether oxygens (including phenoxy) is 1. The first-order valence-corrected chi connectivity index (χ1v) is 11.5. The summed E-state index contributed by atoms with van der Waals surface area (Å²) < 4.78 is 7.18. The van der Waals surface area contributed by atoms with Crippen molar-refractivity contribution in [3.8, 4) is 17.1 Å². The van der Waals surface area contributed by atoms with Crippen LogP contribution in [-0.4, -0.2) is 33.1 Å². The lowest BCUT2D eigenvalue weighted by atomic mass is 10.0. The molecule has 0 unspecified atom stereocenters. The van der Waals surface area contributed by atoms with Crippen LogP contribution in [0.15, 0.2) is 84.0 Å². The lowest BCUT2D eigenvalue weighted by Gasteiger charge is -2.33. The van der Waals surface area contributed by atoms with E-state index in [2.05, 4.69) is 20.9 Å². The van der Waals surface area contributed by atoms with Crippen LogP contribution in [0.2, 0.25) is 0 Å². The molecule has 0 aliphatic carbocycles. The highest BCUT2D eigenvalue weighted by atomic mass is 32.2. The van der Waals surface area contributed by atoms with Crippen molar-refractivity contribution >= 4 is 23.4 Å². The molecule has 2 atom stereocenters. The molecule has 3 aromatic carbocycles. The number of methoxy groups -OCH3 is 1. The van der Waals surface area contributed by atoms with E-state index in [1.54, 1.807) is 7.11 Å². The molecule has 0 saturated carbocycles. The zero-order valence-corrected chi connectivity index (χ0v) is 19.0. The average molecular weight is 458 g/mol. The number of nitrogens with one attached hydrogen (secondary N) is 2. The van der Waals surface area contributed by atoms with E-state index in [1.807, 2.05) is 90.5 Å². The van der Waals surface area contributed by atoms with Gasteiger partial charge in [0.1, 0.15) is 11.0 Å². The van der Waals surface area contributed by atoms with Gasteiger partial charge >= 0.3 is 0 Å². The van der Waals surface area contributed by atoms with Crippen LogP contribution in [0.4, 0.5) is 5.69 Å². The van der Waals surface area contributed by atoms with E-state index in [9.17, 15) is 4.79 Å². The molecule has 166 valence electrons. The number of carbonyl (C=O) groups excluding carboxylic acids is 1. The van der Waals surface area contributed by atoms with Gasteiger partial charge in [-0.25, -0.2) is 4.68 Å². The number of anilines is 1. The summed E-state index contributed by atoms with van der Waals surface area (Å²) in [6, 6.07) is 25.1. The molecule has 1 aromatic heterocycles. The summed E-state index contributed by atoms with van der Waals surface area (Å²) in [5, 5.41) is 12.0. The van der Waals surface area contributed by atoms with Crippen molar-refractivity contribution in [2.24, 2.45) is 0 Å². The Morgan fingerprint density at radius 3 is 2.45 bits per heavy atom. The lowest BCUT2D eigenvalue weighted by molar-refractivity contribution is -0.116. The van der Waals surface area contributed by atoms with Gasteiger partial charge in [-0.15, -0.1) is 10.2 Å². The molecule has 0 spiro atoms. The van der Waals surface area contributed by atoms with E-state index in [0.717, 1.165) is 28.1 Å². The second kappa shape index (κ2) is 8.99. The molecule has 2 heterocycles. The fraction of sp³-hybridized carbons (Fsp3) is 0.160. The number of aryl methyl sites for hydroxylation is 1. The van der Waals surface area contributed by atoms with Crippen LogP contribution in [0.25, 0.3) is 11.4 Å². The molecule has 1 amide bonds. The molecular formula is C25H23N5O2S. The summed E-state index contributed by atoms with van der Waals surface area (Å²) in [5.74, 6) is 1.37. The summed E-state index contributed by atoms with van der Waals surface area (Å²) in [4.78, 5) is 13.5. The van der Waals surface area contributed by atoms with Gasteiger partial charge in [0.05, 0.1) is 13.2 Å². The number of aromatic nitrogens is 3. The first-order valence-electron chi connectivity index (χ1n) is 10.6. The van der Waals surface area contributed by atoms with Gasteiger partial charge in [-0.2, -0.15) is 0 Å². The van der Waals surface area contributed by atoms with Crippen molar-refractivity contribution in [1.29, 1.82) is 0 Å². The Morgan fingerprint density at radius 2 is 1.73 bits per heavy atom. The zero-order valence-electron chi connectivity index (χ0n) is 18.2. The fourth-order valence-electron chi connectivity index (χ4n) is 3.81. The SMILES string of the molecule is COc1ccc([C@H]2Nn3c(nnc3-c3ccccc3)S[C@H]2C(=O)Nc2ccccc2C)cc1. The van der Waals surface area contributed by atoms with Crippen LogP contribution < -0.4 is 15.5 Å². The van der Waals surface area contributed by atoms with Crippen LogP contribution >= 0.6 is 11.8 Å². The minimum absolute atomic E-state index is 0.0990. The summed E-state index contributed by atoms with van der Waals surface area (Å²) in [6.07, 6.45) is 0. The second-order valence-corrected chi connectivity index (χ2v) is 8.84. The topological polar surface area (TPSA) is 81.1 Å². The van der Waals surface area contributed by atoms with Crippen molar-refractivity contribution in [2.75, 3.05) is 17.9 Å². The average Bonchev–Trinajstić information content (AvgIpc) is 3.28. The third-order valence-corrected chi connectivity index (χ3v) is 6.82. The maximum absolute atomic E-state index is 13.5. The molecule has 33 heavy (non-hydrogen) atoms. The summed E-state index contributed by atoms with van der Waals surface area (Å²) in [7, 11) is 1.64. The van der Waals surface area contributed by atoms with Gasteiger partial charge in [-0.1, -0.05) is 72.4 Å². The zero-order chi connectivity index (χ0) is 22.8. The van der Waals surface area contributed by atoms with Gasteiger partial charge in [-0.3, -0.25) is 4.79 Å². The summed E-state index contributed by atoms with van der Waals surface area (Å²) in [5.41, 5.74) is 7.22. The van der Waals surface area contributed by atoms with Crippen LogP contribution in [0.5, 0.6) is 5.75 Å². The lowest BCUT2D eigenvalue weighted by Crippen LogP contribution is -2.41. The molecule has 7 nitrogen and oxygen atoms in total. The largest absolute Gasteiger partial charge is 0.497 e. The first-order chi connectivity index (χ1) is 16.1. The Kier molecular flexibility index (Phi) is 5.75. The highest BCUT2D eigenvalue weighted by Gasteiger charge is 2.38. The monoisotopic (exact) mass is 457 g/mol. The molecule has 1 aliphatic rings. The highest BCUT2D eigenvalue weighted by Crippen LogP contribution is 2.39. The number of hydrogen-bond donors (Lipinski definition) is 2. The summed E-state index contributed by atoms with van der Waals surface area (Å²) >= 11 is 1.40. The number of hydrogen-bond acceptors (Lipinski definition) is 6. The van der Waals surface area contributed by atoms with Crippen LogP contribution in [0.3, 0.4) is 0 Å². The number of benzene rings is 3. The van der Waals surface area contributed by atoms with Gasteiger partial charge in [0, 0.05) is 11.3 Å². The number of rotatable bonds is 5. The first kappa shape index (κ1) is 21.1. The van der Waals surface area contributed by atoms with E-state index in [1.165, 1.54) is 11.8 Å². The fourth-order valence-corrected chi connectivity index (χ4v) is 4.89. The normalized spacial score (nSPS) is 17.0.